The molecule has 1 N–H and O–H groups in total. The lowest BCUT2D eigenvalue weighted by Gasteiger charge is -2.13. The van der Waals surface area contributed by atoms with Crippen LogP contribution in [-0.2, 0) is 12.8 Å². The first kappa shape index (κ1) is 20.0. The molecule has 0 spiro atoms. The van der Waals surface area contributed by atoms with E-state index < -0.39 is 0 Å². The highest BCUT2D eigenvalue weighted by molar-refractivity contribution is 7.18. The van der Waals surface area contributed by atoms with Crippen molar-refractivity contribution >= 4 is 45.3 Å². The zero-order valence-electron chi connectivity index (χ0n) is 17.1. The fourth-order valence-corrected chi connectivity index (χ4v) is 5.30. The molecule has 2 aromatic heterocycles. The van der Waals surface area contributed by atoms with Crippen molar-refractivity contribution in [3.63, 3.8) is 0 Å². The van der Waals surface area contributed by atoms with Gasteiger partial charge in [0.25, 0.3) is 5.56 Å². The maximum Gasteiger partial charge on any atom is 0.268 e. The van der Waals surface area contributed by atoms with Crippen molar-refractivity contribution in [1.29, 1.82) is 0 Å². The Morgan fingerprint density at radius 3 is 2.61 bits per heavy atom. The van der Waals surface area contributed by atoms with Gasteiger partial charge in [0.2, 0.25) is 5.95 Å². The van der Waals surface area contributed by atoms with Gasteiger partial charge in [-0.3, -0.25) is 4.79 Å². The van der Waals surface area contributed by atoms with E-state index in [9.17, 15) is 4.79 Å². The summed E-state index contributed by atoms with van der Waals surface area (Å²) >= 11 is 7.59. The van der Waals surface area contributed by atoms with Crippen LogP contribution in [0.5, 0.6) is 0 Å². The number of hydrazone groups is 1. The molecule has 156 valence electrons. The molecular formula is C24H21ClN4OS. The normalized spacial score (nSPS) is 13.6. The van der Waals surface area contributed by atoms with E-state index >= 15 is 0 Å². The van der Waals surface area contributed by atoms with Gasteiger partial charge in [0.15, 0.2) is 0 Å². The topological polar surface area (TPSA) is 59.3 Å². The predicted molar refractivity (Wildman–Crippen MR) is 129 cm³/mol. The van der Waals surface area contributed by atoms with Crippen molar-refractivity contribution in [3.05, 3.63) is 85.5 Å². The SMILES string of the molecule is Cc1ccc(-n2c(N/N=C\c3ccc(Cl)cc3)nc3sc4c(c3c2=O)CCCC4)cc1. The molecule has 2 heterocycles. The molecule has 0 atom stereocenters. The molecule has 2 aromatic carbocycles. The molecule has 0 bridgehead atoms. The van der Waals surface area contributed by atoms with Crippen molar-refractivity contribution < 1.29 is 0 Å². The summed E-state index contributed by atoms with van der Waals surface area (Å²) in [7, 11) is 0. The van der Waals surface area contributed by atoms with Crippen LogP contribution in [0.3, 0.4) is 0 Å². The lowest BCUT2D eigenvalue weighted by molar-refractivity contribution is 0.699. The van der Waals surface area contributed by atoms with E-state index in [1.54, 1.807) is 22.1 Å². The van der Waals surface area contributed by atoms with E-state index in [1.807, 2.05) is 55.5 Å². The highest BCUT2D eigenvalue weighted by Gasteiger charge is 2.22. The van der Waals surface area contributed by atoms with Gasteiger partial charge in [0.05, 0.1) is 17.3 Å². The standard InChI is InChI=1S/C24H21ClN4OS/c1-15-6-12-18(13-7-15)29-23(30)21-19-4-2-3-5-20(19)31-22(21)27-24(29)28-26-14-16-8-10-17(25)11-9-16/h6-14H,2-5H2,1H3,(H,27,28)/b26-14-. The van der Waals surface area contributed by atoms with Crippen molar-refractivity contribution in [2.24, 2.45) is 5.10 Å². The number of nitrogens with one attached hydrogen (secondary N) is 1. The number of anilines is 1. The maximum absolute atomic E-state index is 13.7. The first-order valence-corrected chi connectivity index (χ1v) is 11.5. The lowest BCUT2D eigenvalue weighted by atomic mass is 9.97. The lowest BCUT2D eigenvalue weighted by Crippen LogP contribution is -2.23. The van der Waals surface area contributed by atoms with Crippen LogP contribution >= 0.6 is 22.9 Å². The van der Waals surface area contributed by atoms with Crippen LogP contribution < -0.4 is 11.0 Å². The van der Waals surface area contributed by atoms with E-state index in [-0.39, 0.29) is 5.56 Å². The van der Waals surface area contributed by atoms with Gasteiger partial charge in [-0.25, -0.2) is 15.0 Å². The summed E-state index contributed by atoms with van der Waals surface area (Å²) in [5.41, 5.74) is 6.93. The van der Waals surface area contributed by atoms with Gasteiger partial charge in [0.1, 0.15) is 4.83 Å². The highest BCUT2D eigenvalue weighted by atomic mass is 35.5. The van der Waals surface area contributed by atoms with Crippen LogP contribution in [0, 0.1) is 6.92 Å². The molecule has 0 radical (unpaired) electrons. The summed E-state index contributed by atoms with van der Waals surface area (Å²) in [6, 6.07) is 15.3. The van der Waals surface area contributed by atoms with Gasteiger partial charge in [0, 0.05) is 9.90 Å². The molecule has 5 rings (SSSR count). The number of halogens is 1. The minimum atomic E-state index is -0.0440. The number of rotatable bonds is 4. The van der Waals surface area contributed by atoms with E-state index in [0.717, 1.165) is 46.3 Å². The largest absolute Gasteiger partial charge is 0.268 e. The van der Waals surface area contributed by atoms with Crippen molar-refractivity contribution in [1.82, 2.24) is 9.55 Å². The molecule has 31 heavy (non-hydrogen) atoms. The fraction of sp³-hybridized carbons (Fsp3) is 0.208. The predicted octanol–water partition coefficient (Wildman–Crippen LogP) is 5.73. The highest BCUT2D eigenvalue weighted by Crippen LogP contribution is 2.34. The number of thiophene rings is 1. The van der Waals surface area contributed by atoms with Gasteiger partial charge < -0.3 is 0 Å². The minimum absolute atomic E-state index is 0.0440. The Morgan fingerprint density at radius 2 is 1.84 bits per heavy atom. The number of aryl methyl sites for hydroxylation is 3. The molecule has 0 aliphatic heterocycles. The van der Waals surface area contributed by atoms with Crippen LogP contribution in [-0.4, -0.2) is 15.8 Å². The summed E-state index contributed by atoms with van der Waals surface area (Å²) in [5.74, 6) is 0.408. The zero-order valence-corrected chi connectivity index (χ0v) is 18.6. The van der Waals surface area contributed by atoms with Gasteiger partial charge in [-0.15, -0.1) is 11.3 Å². The number of benzene rings is 2. The summed E-state index contributed by atoms with van der Waals surface area (Å²) in [6.45, 7) is 2.03. The molecule has 0 amide bonds. The van der Waals surface area contributed by atoms with Gasteiger partial charge in [-0.05, 0) is 68.0 Å². The van der Waals surface area contributed by atoms with Crippen LogP contribution in [0.2, 0.25) is 5.02 Å². The Hall–Kier alpha value is -2.96. The van der Waals surface area contributed by atoms with Crippen molar-refractivity contribution in [2.75, 3.05) is 5.43 Å². The quantitative estimate of drug-likeness (QED) is 0.320. The van der Waals surface area contributed by atoms with E-state index in [1.165, 1.54) is 16.9 Å². The average Bonchev–Trinajstić information content (AvgIpc) is 3.15. The molecule has 7 heteroatoms. The second-order valence-electron chi connectivity index (χ2n) is 7.72. The van der Waals surface area contributed by atoms with Crippen molar-refractivity contribution in [3.8, 4) is 5.69 Å². The first-order chi connectivity index (χ1) is 15.1. The summed E-state index contributed by atoms with van der Waals surface area (Å²) in [6.07, 6.45) is 5.95. The summed E-state index contributed by atoms with van der Waals surface area (Å²) in [4.78, 5) is 20.6. The van der Waals surface area contributed by atoms with Gasteiger partial charge in [-0.1, -0.05) is 41.4 Å². The number of aromatic nitrogens is 2. The first-order valence-electron chi connectivity index (χ1n) is 10.3. The summed E-state index contributed by atoms with van der Waals surface area (Å²) in [5, 5.41) is 5.77. The number of fused-ring (bicyclic) bond motifs is 3. The Labute approximate surface area is 189 Å². The molecule has 0 unspecified atom stereocenters. The Morgan fingerprint density at radius 1 is 1.10 bits per heavy atom. The molecule has 1 aliphatic carbocycles. The molecule has 5 nitrogen and oxygen atoms in total. The molecular weight excluding hydrogens is 428 g/mol. The molecule has 0 fully saturated rings. The number of hydrogen-bond donors (Lipinski definition) is 1. The second-order valence-corrected chi connectivity index (χ2v) is 9.24. The molecule has 4 aromatic rings. The second kappa shape index (κ2) is 8.29. The van der Waals surface area contributed by atoms with E-state index in [2.05, 4.69) is 10.5 Å². The Kier molecular flexibility index (Phi) is 5.34. The minimum Gasteiger partial charge on any atom is -0.268 e. The number of nitrogens with zero attached hydrogens (tertiary/aromatic N) is 3. The monoisotopic (exact) mass is 448 g/mol. The van der Waals surface area contributed by atoms with Crippen LogP contribution in [0.15, 0.2) is 58.4 Å². The fourth-order valence-electron chi connectivity index (χ4n) is 3.93. The van der Waals surface area contributed by atoms with Gasteiger partial charge >= 0.3 is 0 Å². The molecule has 1 aliphatic rings. The van der Waals surface area contributed by atoms with Crippen LogP contribution in [0.1, 0.15) is 34.4 Å². The van der Waals surface area contributed by atoms with E-state index in [4.69, 9.17) is 16.6 Å². The third kappa shape index (κ3) is 3.89. The Balaban J connectivity index is 1.63. The Bertz CT molecular complexity index is 1340. The molecule has 0 saturated carbocycles. The maximum atomic E-state index is 13.7. The molecule has 0 saturated heterocycles. The summed E-state index contributed by atoms with van der Waals surface area (Å²) < 4.78 is 1.63. The van der Waals surface area contributed by atoms with Crippen molar-refractivity contribution in [2.45, 2.75) is 32.6 Å². The van der Waals surface area contributed by atoms with E-state index in [0.29, 0.717) is 11.0 Å². The van der Waals surface area contributed by atoms with Gasteiger partial charge in [-0.2, -0.15) is 5.10 Å². The van der Waals surface area contributed by atoms with Crippen LogP contribution in [0.4, 0.5) is 5.95 Å². The number of hydrogen-bond acceptors (Lipinski definition) is 5. The third-order valence-corrected chi connectivity index (χ3v) is 6.97. The smallest absolute Gasteiger partial charge is 0.268 e. The third-order valence-electron chi connectivity index (χ3n) is 5.53. The average molecular weight is 449 g/mol. The zero-order chi connectivity index (χ0) is 21.4. The van der Waals surface area contributed by atoms with Crippen LogP contribution in [0.25, 0.3) is 15.9 Å².